The topological polar surface area (TPSA) is 115 Å². The summed E-state index contributed by atoms with van der Waals surface area (Å²) < 4.78 is 70.8. The number of hydrogen-bond acceptors (Lipinski definition) is 7. The third kappa shape index (κ3) is 7.22. The number of pyridine rings is 1. The van der Waals surface area contributed by atoms with Crippen molar-refractivity contribution in [1.82, 2.24) is 9.29 Å². The molecule has 1 aromatic heterocycles. The fourth-order valence-electron chi connectivity index (χ4n) is 2.10. The predicted molar refractivity (Wildman–Crippen MR) is 102 cm³/mol. The zero-order valence-electron chi connectivity index (χ0n) is 16.3. The minimum Gasteiger partial charge on any atom is -0.468 e. The van der Waals surface area contributed by atoms with Gasteiger partial charge in [0.1, 0.15) is 0 Å². The number of halogens is 3. The standard InChI is InChI=1S/C18H18F3N3O6S/c1-24(2)31(27,28)14-5-3-4-13(8-14)23-15(25)10-29-17(26)12-6-7-16(22-9-12)30-11-18(19,20)21/h3-9H,10-11H2,1-2H3,(H,23,25). The van der Waals surface area contributed by atoms with Crippen molar-refractivity contribution >= 4 is 27.6 Å². The summed E-state index contributed by atoms with van der Waals surface area (Å²) in [6.45, 7) is -2.21. The average molecular weight is 461 g/mol. The summed E-state index contributed by atoms with van der Waals surface area (Å²) in [7, 11) is -0.966. The zero-order valence-corrected chi connectivity index (χ0v) is 17.2. The molecule has 9 nitrogen and oxygen atoms in total. The van der Waals surface area contributed by atoms with Crippen LogP contribution < -0.4 is 10.1 Å². The van der Waals surface area contributed by atoms with Gasteiger partial charge in [0.05, 0.1) is 10.5 Å². The Morgan fingerprint density at radius 2 is 1.87 bits per heavy atom. The lowest BCUT2D eigenvalue weighted by atomic mass is 10.3. The Kier molecular flexibility index (Phi) is 7.57. The van der Waals surface area contributed by atoms with Gasteiger partial charge < -0.3 is 14.8 Å². The molecule has 0 saturated heterocycles. The largest absolute Gasteiger partial charge is 0.468 e. The third-order valence-corrected chi connectivity index (χ3v) is 5.40. The summed E-state index contributed by atoms with van der Waals surface area (Å²) >= 11 is 0. The summed E-state index contributed by atoms with van der Waals surface area (Å²) in [6.07, 6.45) is -3.58. The molecule has 2 aromatic rings. The van der Waals surface area contributed by atoms with Gasteiger partial charge in [0, 0.05) is 32.0 Å². The van der Waals surface area contributed by atoms with E-state index >= 15 is 0 Å². The van der Waals surface area contributed by atoms with E-state index < -0.39 is 41.3 Å². The maximum atomic E-state index is 12.1. The Morgan fingerprint density at radius 3 is 2.45 bits per heavy atom. The molecule has 0 atom stereocenters. The van der Waals surface area contributed by atoms with Gasteiger partial charge in [-0.2, -0.15) is 13.2 Å². The lowest BCUT2D eigenvalue weighted by molar-refractivity contribution is -0.154. The molecular formula is C18H18F3N3O6S. The molecule has 0 unspecified atom stereocenters. The van der Waals surface area contributed by atoms with E-state index in [4.69, 9.17) is 4.74 Å². The van der Waals surface area contributed by atoms with Crippen molar-refractivity contribution in [2.45, 2.75) is 11.1 Å². The Morgan fingerprint density at radius 1 is 1.16 bits per heavy atom. The predicted octanol–water partition coefficient (Wildman–Crippen LogP) is 2.07. The number of carbonyl (C=O) groups is 2. The monoisotopic (exact) mass is 461 g/mol. The van der Waals surface area contributed by atoms with Crippen LogP contribution in [0.25, 0.3) is 0 Å². The highest BCUT2D eigenvalue weighted by Crippen LogP contribution is 2.19. The van der Waals surface area contributed by atoms with Crippen molar-refractivity contribution in [2.24, 2.45) is 0 Å². The van der Waals surface area contributed by atoms with Crippen LogP contribution in [0.15, 0.2) is 47.5 Å². The van der Waals surface area contributed by atoms with E-state index in [-0.39, 0.29) is 22.0 Å². The SMILES string of the molecule is CN(C)S(=O)(=O)c1cccc(NC(=O)COC(=O)c2ccc(OCC(F)(F)F)nc2)c1. The van der Waals surface area contributed by atoms with Crippen LogP contribution in [-0.4, -0.2) is 63.1 Å². The molecule has 0 fully saturated rings. The van der Waals surface area contributed by atoms with E-state index in [0.717, 1.165) is 22.6 Å². The number of benzene rings is 1. The third-order valence-electron chi connectivity index (χ3n) is 3.59. The number of amides is 1. The first-order chi connectivity index (χ1) is 14.4. The fourth-order valence-corrected chi connectivity index (χ4v) is 3.05. The molecule has 1 N–H and O–H groups in total. The number of nitrogens with zero attached hydrogens (tertiary/aromatic N) is 2. The second-order valence-corrected chi connectivity index (χ2v) is 8.38. The first-order valence-electron chi connectivity index (χ1n) is 8.53. The number of rotatable bonds is 8. The molecule has 168 valence electrons. The van der Waals surface area contributed by atoms with Crippen molar-refractivity contribution in [1.29, 1.82) is 0 Å². The molecule has 2 rings (SSSR count). The van der Waals surface area contributed by atoms with Crippen LogP contribution in [0.4, 0.5) is 18.9 Å². The highest BCUT2D eigenvalue weighted by Gasteiger charge is 2.28. The minimum atomic E-state index is -4.52. The van der Waals surface area contributed by atoms with E-state index in [1.807, 2.05) is 0 Å². The van der Waals surface area contributed by atoms with Crippen molar-refractivity contribution in [3.05, 3.63) is 48.2 Å². The molecule has 0 radical (unpaired) electrons. The van der Waals surface area contributed by atoms with Crippen LogP contribution in [0.3, 0.4) is 0 Å². The van der Waals surface area contributed by atoms with E-state index in [0.29, 0.717) is 0 Å². The van der Waals surface area contributed by atoms with Crippen molar-refractivity contribution in [3.63, 3.8) is 0 Å². The smallest absolute Gasteiger partial charge is 0.422 e. The summed E-state index contributed by atoms with van der Waals surface area (Å²) in [5, 5.41) is 2.40. The molecule has 31 heavy (non-hydrogen) atoms. The van der Waals surface area contributed by atoms with Gasteiger partial charge in [0.25, 0.3) is 5.91 Å². The Labute approximate surface area is 175 Å². The van der Waals surface area contributed by atoms with E-state index in [1.165, 1.54) is 38.4 Å². The molecule has 1 amide bonds. The molecular weight excluding hydrogens is 443 g/mol. The highest BCUT2D eigenvalue weighted by atomic mass is 32.2. The molecule has 1 heterocycles. The molecule has 0 aliphatic carbocycles. The number of aromatic nitrogens is 1. The van der Waals surface area contributed by atoms with Gasteiger partial charge in [-0.3, -0.25) is 4.79 Å². The number of alkyl halides is 3. The van der Waals surface area contributed by atoms with Gasteiger partial charge in [0.2, 0.25) is 15.9 Å². The van der Waals surface area contributed by atoms with Crippen LogP contribution >= 0.6 is 0 Å². The molecule has 0 spiro atoms. The average Bonchev–Trinajstić information content (AvgIpc) is 2.70. The number of carbonyl (C=O) groups excluding carboxylic acids is 2. The Hall–Kier alpha value is -3.19. The van der Waals surface area contributed by atoms with Gasteiger partial charge in [-0.25, -0.2) is 22.5 Å². The summed E-state index contributed by atoms with van der Waals surface area (Å²) in [5.41, 5.74) is 0.0723. The lowest BCUT2D eigenvalue weighted by Crippen LogP contribution is -2.23. The van der Waals surface area contributed by atoms with Crippen LogP contribution in [0, 0.1) is 0 Å². The Balaban J connectivity index is 1.91. The van der Waals surface area contributed by atoms with Crippen LogP contribution in [-0.2, 0) is 19.6 Å². The minimum absolute atomic E-state index is 0.0359. The Bertz CT molecular complexity index is 1040. The number of nitrogens with one attached hydrogen (secondary N) is 1. The molecule has 1 aromatic carbocycles. The van der Waals surface area contributed by atoms with Gasteiger partial charge in [-0.1, -0.05) is 6.07 Å². The maximum absolute atomic E-state index is 12.1. The lowest BCUT2D eigenvalue weighted by Gasteiger charge is -2.12. The summed E-state index contributed by atoms with van der Waals surface area (Å²) in [4.78, 5) is 27.5. The van der Waals surface area contributed by atoms with Gasteiger partial charge in [-0.05, 0) is 24.3 Å². The van der Waals surface area contributed by atoms with Gasteiger partial charge in [0.15, 0.2) is 13.2 Å². The molecule has 13 heteroatoms. The molecule has 0 aliphatic heterocycles. The van der Waals surface area contributed by atoms with Crippen molar-refractivity contribution in [3.8, 4) is 5.88 Å². The summed E-state index contributed by atoms with van der Waals surface area (Å²) in [5.74, 6) is -2.00. The van der Waals surface area contributed by atoms with E-state index in [9.17, 15) is 31.2 Å². The van der Waals surface area contributed by atoms with Crippen LogP contribution in [0.1, 0.15) is 10.4 Å². The van der Waals surface area contributed by atoms with E-state index in [2.05, 4.69) is 15.0 Å². The molecule has 0 bridgehead atoms. The second-order valence-electron chi connectivity index (χ2n) is 6.23. The summed E-state index contributed by atoms with van der Waals surface area (Å²) in [6, 6.07) is 7.69. The van der Waals surface area contributed by atoms with Crippen molar-refractivity contribution in [2.75, 3.05) is 32.6 Å². The van der Waals surface area contributed by atoms with Crippen LogP contribution in [0.5, 0.6) is 5.88 Å². The number of sulfonamides is 1. The number of ether oxygens (including phenoxy) is 2. The number of hydrogen-bond donors (Lipinski definition) is 1. The van der Waals surface area contributed by atoms with Gasteiger partial charge in [-0.15, -0.1) is 0 Å². The number of esters is 1. The normalized spacial score (nSPS) is 11.8. The maximum Gasteiger partial charge on any atom is 0.422 e. The second kappa shape index (κ2) is 9.75. The quantitative estimate of drug-likeness (QED) is 0.599. The van der Waals surface area contributed by atoms with Crippen LogP contribution in [0.2, 0.25) is 0 Å². The first kappa shape index (κ1) is 24.1. The number of anilines is 1. The van der Waals surface area contributed by atoms with E-state index in [1.54, 1.807) is 0 Å². The first-order valence-corrected chi connectivity index (χ1v) is 9.97. The molecule has 0 aliphatic rings. The molecule has 0 saturated carbocycles. The van der Waals surface area contributed by atoms with Crippen molar-refractivity contribution < 1.29 is 40.7 Å². The highest BCUT2D eigenvalue weighted by molar-refractivity contribution is 7.89. The van der Waals surface area contributed by atoms with Gasteiger partial charge >= 0.3 is 12.1 Å². The zero-order chi connectivity index (χ0) is 23.2. The fraction of sp³-hybridized carbons (Fsp3) is 0.278.